The summed E-state index contributed by atoms with van der Waals surface area (Å²) in [5.41, 5.74) is 3.28. The van der Waals surface area contributed by atoms with Crippen LogP contribution in [0.1, 0.15) is 30.1 Å². The standard InChI is InChI=1S/C23H18ClFN2O/c24-19-13-17(7-8-20(19)25)23(10-11-23)22(28)15-6-9-21-16(12-15)14-26-27(21)18-4-2-1-3-5-18/h1-9,12-14,22,28H,10-11H2. The Morgan fingerprint density at radius 3 is 2.54 bits per heavy atom. The zero-order valence-corrected chi connectivity index (χ0v) is 15.8. The maximum absolute atomic E-state index is 13.5. The molecule has 1 aliphatic rings. The Hall–Kier alpha value is -2.69. The second-order valence-electron chi connectivity index (χ2n) is 7.40. The van der Waals surface area contributed by atoms with Crippen molar-refractivity contribution in [2.45, 2.75) is 24.4 Å². The quantitative estimate of drug-likeness (QED) is 0.492. The molecule has 5 rings (SSSR count). The molecule has 0 saturated heterocycles. The highest BCUT2D eigenvalue weighted by molar-refractivity contribution is 6.30. The Bertz CT molecular complexity index is 1170. The van der Waals surface area contributed by atoms with Crippen LogP contribution in [-0.2, 0) is 5.41 Å². The molecule has 1 N–H and O–H groups in total. The Morgan fingerprint density at radius 2 is 1.82 bits per heavy atom. The van der Waals surface area contributed by atoms with Crippen molar-refractivity contribution < 1.29 is 9.50 Å². The predicted octanol–water partition coefficient (Wildman–Crippen LogP) is 5.58. The molecular weight excluding hydrogens is 375 g/mol. The third kappa shape index (κ3) is 2.72. The van der Waals surface area contributed by atoms with E-state index < -0.39 is 17.3 Å². The molecule has 0 aliphatic heterocycles. The second kappa shape index (κ2) is 6.43. The fourth-order valence-corrected chi connectivity index (χ4v) is 4.16. The largest absolute Gasteiger partial charge is 0.387 e. The number of fused-ring (bicyclic) bond motifs is 1. The number of rotatable bonds is 4. The van der Waals surface area contributed by atoms with E-state index in [2.05, 4.69) is 5.10 Å². The van der Waals surface area contributed by atoms with E-state index in [0.717, 1.165) is 40.6 Å². The number of nitrogens with zero attached hydrogens (tertiary/aromatic N) is 2. The van der Waals surface area contributed by atoms with Crippen molar-refractivity contribution in [1.29, 1.82) is 0 Å². The number of para-hydroxylation sites is 1. The summed E-state index contributed by atoms with van der Waals surface area (Å²) in [6.45, 7) is 0. The Balaban J connectivity index is 1.52. The third-order valence-electron chi connectivity index (χ3n) is 5.72. The van der Waals surface area contributed by atoms with E-state index in [-0.39, 0.29) is 5.02 Å². The lowest BCUT2D eigenvalue weighted by Gasteiger charge is -2.23. The topological polar surface area (TPSA) is 38.1 Å². The average molecular weight is 393 g/mol. The van der Waals surface area contributed by atoms with Crippen molar-refractivity contribution in [3.05, 3.63) is 94.9 Å². The summed E-state index contributed by atoms with van der Waals surface area (Å²) in [5.74, 6) is -0.439. The molecular formula is C23H18ClFN2O. The van der Waals surface area contributed by atoms with Gasteiger partial charge in [0.1, 0.15) is 5.82 Å². The molecule has 0 radical (unpaired) electrons. The lowest BCUT2D eigenvalue weighted by atomic mass is 9.85. The molecule has 0 spiro atoms. The first-order valence-corrected chi connectivity index (χ1v) is 9.63. The van der Waals surface area contributed by atoms with Gasteiger partial charge in [0.15, 0.2) is 0 Å². The summed E-state index contributed by atoms with van der Waals surface area (Å²) < 4.78 is 15.4. The van der Waals surface area contributed by atoms with Gasteiger partial charge < -0.3 is 5.11 Å². The zero-order chi connectivity index (χ0) is 19.3. The summed E-state index contributed by atoms with van der Waals surface area (Å²) in [6, 6.07) is 20.6. The highest BCUT2D eigenvalue weighted by Crippen LogP contribution is 2.57. The van der Waals surface area contributed by atoms with Crippen molar-refractivity contribution in [1.82, 2.24) is 9.78 Å². The lowest BCUT2D eigenvalue weighted by Crippen LogP contribution is -2.18. The maximum Gasteiger partial charge on any atom is 0.141 e. The van der Waals surface area contributed by atoms with Gasteiger partial charge in [-0.15, -0.1) is 0 Å². The molecule has 1 unspecified atom stereocenters. The van der Waals surface area contributed by atoms with Crippen molar-refractivity contribution in [3.8, 4) is 5.69 Å². The van der Waals surface area contributed by atoms with E-state index in [1.54, 1.807) is 12.1 Å². The maximum atomic E-state index is 13.5. The van der Waals surface area contributed by atoms with Crippen LogP contribution >= 0.6 is 11.6 Å². The van der Waals surface area contributed by atoms with Crippen LogP contribution in [0.2, 0.25) is 5.02 Å². The Morgan fingerprint density at radius 1 is 1.04 bits per heavy atom. The van der Waals surface area contributed by atoms with Gasteiger partial charge in [0, 0.05) is 10.8 Å². The molecule has 1 aromatic heterocycles. The van der Waals surface area contributed by atoms with E-state index in [1.807, 2.05) is 59.4 Å². The molecule has 1 saturated carbocycles. The molecule has 1 fully saturated rings. The SMILES string of the molecule is OC(c1ccc2c(cnn2-c2ccccc2)c1)C1(c2ccc(F)c(Cl)c2)CC1. The van der Waals surface area contributed by atoms with Crippen molar-refractivity contribution >= 4 is 22.5 Å². The van der Waals surface area contributed by atoms with Crippen molar-refractivity contribution in [2.75, 3.05) is 0 Å². The molecule has 4 aromatic rings. The fraction of sp³-hybridized carbons (Fsp3) is 0.174. The molecule has 0 amide bonds. The number of aliphatic hydroxyl groups is 1. The molecule has 28 heavy (non-hydrogen) atoms. The Kier molecular flexibility index (Phi) is 4.00. The number of benzene rings is 3. The summed E-state index contributed by atoms with van der Waals surface area (Å²) in [7, 11) is 0. The van der Waals surface area contributed by atoms with E-state index >= 15 is 0 Å². The van der Waals surface area contributed by atoms with Gasteiger partial charge in [-0.25, -0.2) is 9.07 Å². The molecule has 3 nitrogen and oxygen atoms in total. The minimum Gasteiger partial charge on any atom is -0.387 e. The van der Waals surface area contributed by atoms with Crippen molar-refractivity contribution in [3.63, 3.8) is 0 Å². The summed E-state index contributed by atoms with van der Waals surface area (Å²) in [5, 5.41) is 16.7. The zero-order valence-electron chi connectivity index (χ0n) is 15.0. The molecule has 140 valence electrons. The molecule has 1 atom stereocenters. The van der Waals surface area contributed by atoms with Gasteiger partial charge in [0.25, 0.3) is 0 Å². The summed E-state index contributed by atoms with van der Waals surface area (Å²) in [4.78, 5) is 0. The van der Waals surface area contributed by atoms with E-state index in [1.165, 1.54) is 6.07 Å². The van der Waals surface area contributed by atoms with Gasteiger partial charge in [-0.05, 0) is 60.4 Å². The molecule has 3 aromatic carbocycles. The van der Waals surface area contributed by atoms with Crippen LogP contribution in [0.5, 0.6) is 0 Å². The van der Waals surface area contributed by atoms with Crippen LogP contribution in [0.3, 0.4) is 0 Å². The van der Waals surface area contributed by atoms with E-state index in [0.29, 0.717) is 0 Å². The van der Waals surface area contributed by atoms with Gasteiger partial charge in [0.2, 0.25) is 0 Å². The van der Waals surface area contributed by atoms with Crippen LogP contribution in [-0.4, -0.2) is 14.9 Å². The summed E-state index contributed by atoms with van der Waals surface area (Å²) in [6.07, 6.45) is 2.82. The number of hydrogen-bond donors (Lipinski definition) is 1. The van der Waals surface area contributed by atoms with Crippen LogP contribution in [0, 0.1) is 5.82 Å². The highest BCUT2D eigenvalue weighted by Gasteiger charge is 2.51. The van der Waals surface area contributed by atoms with Gasteiger partial charge in [-0.3, -0.25) is 0 Å². The van der Waals surface area contributed by atoms with Crippen LogP contribution in [0.4, 0.5) is 4.39 Å². The minimum absolute atomic E-state index is 0.0931. The first-order chi connectivity index (χ1) is 13.6. The van der Waals surface area contributed by atoms with E-state index in [9.17, 15) is 9.50 Å². The molecule has 0 bridgehead atoms. The average Bonchev–Trinajstić information content (AvgIpc) is 3.43. The van der Waals surface area contributed by atoms with Gasteiger partial charge in [-0.1, -0.05) is 41.9 Å². The fourth-order valence-electron chi connectivity index (χ4n) is 3.98. The normalized spacial score (nSPS) is 16.2. The Labute approximate surface area is 167 Å². The first-order valence-electron chi connectivity index (χ1n) is 9.25. The lowest BCUT2D eigenvalue weighted by molar-refractivity contribution is 0.133. The first kappa shape index (κ1) is 17.4. The van der Waals surface area contributed by atoms with Crippen LogP contribution in [0.15, 0.2) is 72.9 Å². The smallest absolute Gasteiger partial charge is 0.141 e. The van der Waals surface area contributed by atoms with Crippen molar-refractivity contribution in [2.24, 2.45) is 0 Å². The summed E-state index contributed by atoms with van der Waals surface area (Å²) >= 11 is 5.97. The van der Waals surface area contributed by atoms with Gasteiger partial charge in [-0.2, -0.15) is 5.10 Å². The van der Waals surface area contributed by atoms with Crippen LogP contribution in [0.25, 0.3) is 16.6 Å². The number of aromatic nitrogens is 2. The number of halogens is 2. The minimum atomic E-state index is -0.682. The number of aliphatic hydroxyl groups excluding tert-OH is 1. The predicted molar refractivity (Wildman–Crippen MR) is 108 cm³/mol. The molecule has 5 heteroatoms. The van der Waals surface area contributed by atoms with Crippen LogP contribution < -0.4 is 0 Å². The van der Waals surface area contributed by atoms with E-state index in [4.69, 9.17) is 11.6 Å². The highest BCUT2D eigenvalue weighted by atomic mass is 35.5. The monoisotopic (exact) mass is 392 g/mol. The third-order valence-corrected chi connectivity index (χ3v) is 6.00. The second-order valence-corrected chi connectivity index (χ2v) is 7.80. The number of hydrogen-bond acceptors (Lipinski definition) is 2. The molecule has 1 aliphatic carbocycles. The molecule has 1 heterocycles. The van der Waals surface area contributed by atoms with Gasteiger partial charge in [0.05, 0.1) is 28.5 Å². The van der Waals surface area contributed by atoms with Gasteiger partial charge >= 0.3 is 0 Å².